The maximum absolute atomic E-state index is 13.6. The lowest BCUT2D eigenvalue weighted by Gasteiger charge is -2.34. The van der Waals surface area contributed by atoms with Gasteiger partial charge in [0.1, 0.15) is 5.82 Å². The lowest BCUT2D eigenvalue weighted by Crippen LogP contribution is -2.49. The van der Waals surface area contributed by atoms with Crippen LogP contribution in [0.2, 0.25) is 0 Å². The monoisotopic (exact) mass is 554 g/mol. The van der Waals surface area contributed by atoms with Gasteiger partial charge in [-0.1, -0.05) is 6.07 Å². The molecule has 1 atom stereocenters. The first-order valence-electron chi connectivity index (χ1n) is 9.35. The Kier molecular flexibility index (Phi) is 9.75. The lowest BCUT2D eigenvalue weighted by molar-refractivity contribution is 0.150. The predicted octanol–water partition coefficient (Wildman–Crippen LogP) is 3.37. The second-order valence-corrected chi connectivity index (χ2v) is 7.98. The highest BCUT2D eigenvalue weighted by Gasteiger charge is 2.24. The molecule has 0 bridgehead atoms. The van der Waals surface area contributed by atoms with Gasteiger partial charge in [-0.05, 0) is 58.8 Å². The fourth-order valence-corrected chi connectivity index (χ4v) is 3.82. The van der Waals surface area contributed by atoms with Gasteiger partial charge in [0.25, 0.3) is 0 Å². The smallest absolute Gasteiger partial charge is 0.191 e. The Morgan fingerprint density at radius 3 is 2.74 bits per heavy atom. The zero-order chi connectivity index (χ0) is 18.4. The standard InChI is InChI=1S/C19H28BrFN4O.HI/c1-22-19(23-11-14-2-3-17(20)18(21)10-14)24-16-4-7-25(8-5-16)12-15-6-9-26-13-15;/h2-3,10,15-16H,4-9,11-13H2,1H3,(H2,22,23,24);1H. The predicted molar refractivity (Wildman–Crippen MR) is 121 cm³/mol. The molecule has 2 saturated heterocycles. The van der Waals surface area contributed by atoms with Gasteiger partial charge in [-0.2, -0.15) is 0 Å². The molecule has 0 saturated carbocycles. The van der Waals surface area contributed by atoms with Gasteiger partial charge in [0.2, 0.25) is 0 Å². The van der Waals surface area contributed by atoms with Gasteiger partial charge in [0.15, 0.2) is 5.96 Å². The molecule has 152 valence electrons. The third-order valence-electron chi connectivity index (χ3n) is 5.14. The number of hydrogen-bond acceptors (Lipinski definition) is 3. The van der Waals surface area contributed by atoms with Crippen molar-refractivity contribution in [2.24, 2.45) is 10.9 Å². The number of hydrogen-bond donors (Lipinski definition) is 2. The number of guanidine groups is 1. The Morgan fingerprint density at radius 1 is 1.33 bits per heavy atom. The average Bonchev–Trinajstić information content (AvgIpc) is 3.16. The van der Waals surface area contributed by atoms with Crippen molar-refractivity contribution in [3.8, 4) is 0 Å². The highest BCUT2D eigenvalue weighted by atomic mass is 127. The number of ether oxygens (including phenoxy) is 1. The second kappa shape index (κ2) is 11.5. The van der Waals surface area contributed by atoms with E-state index in [1.807, 2.05) is 6.07 Å². The zero-order valence-corrected chi connectivity index (χ0v) is 19.6. The first-order valence-corrected chi connectivity index (χ1v) is 10.1. The van der Waals surface area contributed by atoms with Crippen LogP contribution in [0.4, 0.5) is 4.39 Å². The van der Waals surface area contributed by atoms with Gasteiger partial charge in [-0.15, -0.1) is 24.0 Å². The minimum Gasteiger partial charge on any atom is -0.381 e. The van der Waals surface area contributed by atoms with Crippen LogP contribution >= 0.6 is 39.9 Å². The highest BCUT2D eigenvalue weighted by molar-refractivity contribution is 14.0. The van der Waals surface area contributed by atoms with E-state index < -0.39 is 0 Å². The molecule has 0 radical (unpaired) electrons. The van der Waals surface area contributed by atoms with Crippen molar-refractivity contribution in [3.05, 3.63) is 34.1 Å². The molecule has 2 fully saturated rings. The van der Waals surface area contributed by atoms with Crippen LogP contribution in [-0.4, -0.2) is 56.8 Å². The molecule has 1 unspecified atom stereocenters. The van der Waals surface area contributed by atoms with Gasteiger partial charge < -0.3 is 20.3 Å². The van der Waals surface area contributed by atoms with Crippen molar-refractivity contribution >= 4 is 45.9 Å². The van der Waals surface area contributed by atoms with E-state index in [4.69, 9.17) is 4.74 Å². The minimum atomic E-state index is -0.243. The average molecular weight is 555 g/mol. The van der Waals surface area contributed by atoms with E-state index in [2.05, 4.69) is 36.5 Å². The zero-order valence-electron chi connectivity index (χ0n) is 15.7. The molecule has 0 spiro atoms. The summed E-state index contributed by atoms with van der Waals surface area (Å²) in [5.74, 6) is 1.24. The number of nitrogens with one attached hydrogen (secondary N) is 2. The maximum atomic E-state index is 13.6. The minimum absolute atomic E-state index is 0. The quantitative estimate of drug-likeness (QED) is 0.333. The fraction of sp³-hybridized carbons (Fsp3) is 0.632. The van der Waals surface area contributed by atoms with Crippen LogP contribution in [0.15, 0.2) is 27.7 Å². The van der Waals surface area contributed by atoms with E-state index in [1.54, 1.807) is 13.1 Å². The van der Waals surface area contributed by atoms with Crippen molar-refractivity contribution in [2.45, 2.75) is 31.8 Å². The number of nitrogens with zero attached hydrogens (tertiary/aromatic N) is 2. The molecule has 3 rings (SSSR count). The van der Waals surface area contributed by atoms with Gasteiger partial charge in [0, 0.05) is 45.9 Å². The Hall–Kier alpha value is -0.450. The summed E-state index contributed by atoms with van der Waals surface area (Å²) in [5, 5.41) is 6.78. The number of piperidine rings is 1. The summed E-state index contributed by atoms with van der Waals surface area (Å²) in [6, 6.07) is 5.60. The number of likely N-dealkylation sites (tertiary alicyclic amines) is 1. The second-order valence-electron chi connectivity index (χ2n) is 7.12. The molecule has 8 heteroatoms. The van der Waals surface area contributed by atoms with E-state index >= 15 is 0 Å². The molecular weight excluding hydrogens is 526 g/mol. The van der Waals surface area contributed by atoms with E-state index in [0.29, 0.717) is 23.0 Å². The summed E-state index contributed by atoms with van der Waals surface area (Å²) in [4.78, 5) is 6.85. The third-order valence-corrected chi connectivity index (χ3v) is 5.78. The molecule has 0 aliphatic carbocycles. The van der Waals surface area contributed by atoms with E-state index in [1.165, 1.54) is 12.5 Å². The summed E-state index contributed by atoms with van der Waals surface area (Å²) >= 11 is 3.18. The van der Waals surface area contributed by atoms with Crippen LogP contribution < -0.4 is 10.6 Å². The van der Waals surface area contributed by atoms with E-state index in [0.717, 1.165) is 57.2 Å². The maximum Gasteiger partial charge on any atom is 0.191 e. The lowest BCUT2D eigenvalue weighted by atomic mass is 10.0. The van der Waals surface area contributed by atoms with Gasteiger partial charge in [0.05, 0.1) is 11.1 Å². The molecule has 2 aliphatic rings. The largest absolute Gasteiger partial charge is 0.381 e. The summed E-state index contributed by atoms with van der Waals surface area (Å²) < 4.78 is 19.6. The molecule has 2 heterocycles. The summed E-state index contributed by atoms with van der Waals surface area (Å²) in [6.45, 7) is 5.78. The molecule has 1 aromatic rings. The third kappa shape index (κ3) is 7.14. The van der Waals surface area contributed by atoms with Gasteiger partial charge in [-0.3, -0.25) is 4.99 Å². The van der Waals surface area contributed by atoms with Crippen LogP contribution in [0, 0.1) is 11.7 Å². The first-order chi connectivity index (χ1) is 12.6. The van der Waals surface area contributed by atoms with Crippen molar-refractivity contribution < 1.29 is 9.13 Å². The summed E-state index contributed by atoms with van der Waals surface area (Å²) in [5.41, 5.74) is 0.891. The van der Waals surface area contributed by atoms with Crippen molar-refractivity contribution in [3.63, 3.8) is 0 Å². The highest BCUT2D eigenvalue weighted by Crippen LogP contribution is 2.18. The fourth-order valence-electron chi connectivity index (χ4n) is 3.58. The van der Waals surface area contributed by atoms with Crippen molar-refractivity contribution in [1.82, 2.24) is 15.5 Å². The first kappa shape index (κ1) is 22.8. The Morgan fingerprint density at radius 2 is 2.11 bits per heavy atom. The van der Waals surface area contributed by atoms with Crippen LogP contribution in [0.1, 0.15) is 24.8 Å². The van der Waals surface area contributed by atoms with Gasteiger partial charge in [-0.25, -0.2) is 4.39 Å². The molecule has 2 N–H and O–H groups in total. The number of benzene rings is 1. The SMILES string of the molecule is CN=C(NCc1ccc(Br)c(F)c1)NC1CCN(CC2CCOC2)CC1.I. The Labute approximate surface area is 186 Å². The summed E-state index contributed by atoms with van der Waals surface area (Å²) in [6.07, 6.45) is 3.42. The van der Waals surface area contributed by atoms with E-state index in [9.17, 15) is 4.39 Å². The van der Waals surface area contributed by atoms with Crippen LogP contribution in [-0.2, 0) is 11.3 Å². The molecule has 0 aromatic heterocycles. The van der Waals surface area contributed by atoms with Crippen LogP contribution in [0.3, 0.4) is 0 Å². The molecule has 2 aliphatic heterocycles. The number of halogens is 3. The van der Waals surface area contributed by atoms with Crippen LogP contribution in [0.5, 0.6) is 0 Å². The number of rotatable bonds is 5. The van der Waals surface area contributed by atoms with Crippen LogP contribution in [0.25, 0.3) is 0 Å². The summed E-state index contributed by atoms with van der Waals surface area (Å²) in [7, 11) is 1.77. The molecule has 0 amide bonds. The topological polar surface area (TPSA) is 48.9 Å². The van der Waals surface area contributed by atoms with Crippen molar-refractivity contribution in [2.75, 3.05) is 39.9 Å². The Balaban J connectivity index is 0.00000261. The molecule has 27 heavy (non-hydrogen) atoms. The normalized spacial score (nSPS) is 21.7. The van der Waals surface area contributed by atoms with Gasteiger partial charge >= 0.3 is 0 Å². The molecule has 1 aromatic carbocycles. The van der Waals surface area contributed by atoms with E-state index in [-0.39, 0.29) is 29.8 Å². The number of aliphatic imine (C=N–C) groups is 1. The molecule has 5 nitrogen and oxygen atoms in total. The Bertz CT molecular complexity index is 620. The van der Waals surface area contributed by atoms with Crippen molar-refractivity contribution in [1.29, 1.82) is 0 Å². The molecular formula is C19H29BrFIN4O.